The summed E-state index contributed by atoms with van der Waals surface area (Å²) in [7, 11) is -4.32. The minimum Gasteiger partial charge on any atom is -0.326 e. The zero-order chi connectivity index (χ0) is 23.2. The maximum atomic E-state index is 12.8. The van der Waals surface area contributed by atoms with Crippen molar-refractivity contribution >= 4 is 33.2 Å². The molecule has 0 unspecified atom stereocenters. The molecule has 11 heteroatoms. The molecule has 0 bridgehead atoms. The fourth-order valence-electron chi connectivity index (χ4n) is 2.51. The molecule has 2 amide bonds. The molecule has 2 aromatic carbocycles. The van der Waals surface area contributed by atoms with Crippen LogP contribution in [0.5, 0.6) is 0 Å². The first kappa shape index (κ1) is 24.4. The Morgan fingerprint density at radius 1 is 0.935 bits per heavy atom. The number of hydrogen-bond donors (Lipinski definition) is 3. The Bertz CT molecular complexity index is 1040. The number of alkyl halides is 3. The molecule has 2 rings (SSSR count). The quantitative estimate of drug-likeness (QED) is 0.563. The molecule has 0 aromatic heterocycles. The minimum absolute atomic E-state index is 0.143. The third-order valence-corrected chi connectivity index (χ3v) is 5.34. The highest BCUT2D eigenvalue weighted by Gasteiger charge is 2.31. The summed E-state index contributed by atoms with van der Waals surface area (Å²) in [5, 5.41) is 5.16. The number of anilines is 2. The summed E-state index contributed by atoms with van der Waals surface area (Å²) in [6.07, 6.45) is -4.33. The van der Waals surface area contributed by atoms with Crippen molar-refractivity contribution in [2.75, 3.05) is 17.2 Å². The van der Waals surface area contributed by atoms with Gasteiger partial charge in [-0.2, -0.15) is 13.2 Å². The second kappa shape index (κ2) is 9.92. The topological polar surface area (TPSA) is 104 Å². The summed E-state index contributed by atoms with van der Waals surface area (Å²) in [4.78, 5) is 23.2. The van der Waals surface area contributed by atoms with Crippen LogP contribution in [0, 0.1) is 5.92 Å². The average Bonchev–Trinajstić information content (AvgIpc) is 2.67. The molecule has 0 saturated heterocycles. The van der Waals surface area contributed by atoms with Crippen LogP contribution in [-0.4, -0.2) is 26.8 Å². The van der Waals surface area contributed by atoms with E-state index in [1.165, 1.54) is 12.1 Å². The summed E-state index contributed by atoms with van der Waals surface area (Å²) >= 11 is 0. The van der Waals surface area contributed by atoms with Crippen molar-refractivity contribution in [3.63, 3.8) is 0 Å². The zero-order valence-electron chi connectivity index (χ0n) is 16.8. The Kier molecular flexibility index (Phi) is 7.80. The number of halogens is 3. The molecule has 168 valence electrons. The molecule has 31 heavy (non-hydrogen) atoms. The van der Waals surface area contributed by atoms with E-state index in [-0.39, 0.29) is 11.8 Å². The van der Waals surface area contributed by atoms with Gasteiger partial charge >= 0.3 is 6.18 Å². The molecule has 0 saturated carbocycles. The van der Waals surface area contributed by atoms with Crippen molar-refractivity contribution in [3.05, 3.63) is 54.1 Å². The van der Waals surface area contributed by atoms with Gasteiger partial charge in [0.15, 0.2) is 0 Å². The number of rotatable bonds is 8. The van der Waals surface area contributed by atoms with Crippen LogP contribution in [0.1, 0.15) is 25.8 Å². The normalized spacial score (nSPS) is 11.9. The smallest absolute Gasteiger partial charge is 0.326 e. The summed E-state index contributed by atoms with van der Waals surface area (Å²) < 4.78 is 64.6. The Labute approximate surface area is 178 Å². The molecule has 7 nitrogen and oxygen atoms in total. The van der Waals surface area contributed by atoms with Gasteiger partial charge in [-0.3, -0.25) is 9.59 Å². The Balaban J connectivity index is 1.93. The highest BCUT2D eigenvalue weighted by molar-refractivity contribution is 7.89. The Morgan fingerprint density at radius 2 is 1.48 bits per heavy atom. The number of amides is 2. The largest absolute Gasteiger partial charge is 0.416 e. The lowest BCUT2D eigenvalue weighted by Crippen LogP contribution is -2.33. The standard InChI is InChI=1S/C20H22F3N3O4S/c1-13(2)10-18(27)25-15-6-8-16(9-7-15)26-19(28)12-24-31(29,30)17-5-3-4-14(11-17)20(21,22)23/h3-9,11,13,24H,10,12H2,1-2H3,(H,25,27)(H,26,28). The number of nitrogens with one attached hydrogen (secondary N) is 3. The Morgan fingerprint density at radius 3 is 2.00 bits per heavy atom. The SMILES string of the molecule is CC(C)CC(=O)Nc1ccc(NC(=O)CNS(=O)(=O)c2cccc(C(F)(F)F)c2)cc1. The molecule has 0 fully saturated rings. The number of carbonyl (C=O) groups excluding carboxylic acids is 2. The molecule has 0 radical (unpaired) electrons. The first-order chi connectivity index (χ1) is 14.4. The molecular weight excluding hydrogens is 435 g/mol. The van der Waals surface area contributed by atoms with Gasteiger partial charge in [-0.05, 0) is 48.4 Å². The van der Waals surface area contributed by atoms with E-state index in [1.54, 1.807) is 12.1 Å². The molecule has 0 heterocycles. The molecule has 0 aliphatic carbocycles. The van der Waals surface area contributed by atoms with Crippen molar-refractivity contribution in [2.45, 2.75) is 31.3 Å². The summed E-state index contributed by atoms with van der Waals surface area (Å²) in [6.45, 7) is 3.16. The van der Waals surface area contributed by atoms with Gasteiger partial charge in [0.2, 0.25) is 21.8 Å². The molecular formula is C20H22F3N3O4S. The van der Waals surface area contributed by atoms with Crippen molar-refractivity contribution in [1.82, 2.24) is 4.72 Å². The summed E-state index contributed by atoms with van der Waals surface area (Å²) in [6, 6.07) is 9.39. The van der Waals surface area contributed by atoms with E-state index in [1.807, 2.05) is 18.6 Å². The van der Waals surface area contributed by atoms with Crippen LogP contribution < -0.4 is 15.4 Å². The minimum atomic E-state index is -4.69. The summed E-state index contributed by atoms with van der Waals surface area (Å²) in [5.41, 5.74) is -0.223. The second-order valence-electron chi connectivity index (χ2n) is 7.12. The lowest BCUT2D eigenvalue weighted by Gasteiger charge is -2.11. The van der Waals surface area contributed by atoms with Gasteiger partial charge in [0, 0.05) is 17.8 Å². The highest BCUT2D eigenvalue weighted by Crippen LogP contribution is 2.30. The predicted molar refractivity (Wildman–Crippen MR) is 110 cm³/mol. The van der Waals surface area contributed by atoms with E-state index in [0.29, 0.717) is 23.9 Å². The van der Waals surface area contributed by atoms with Crippen molar-refractivity contribution in [1.29, 1.82) is 0 Å². The van der Waals surface area contributed by atoms with Crippen LogP contribution in [0.3, 0.4) is 0 Å². The van der Waals surface area contributed by atoms with Gasteiger partial charge in [-0.15, -0.1) is 0 Å². The van der Waals surface area contributed by atoms with Gasteiger partial charge < -0.3 is 10.6 Å². The Hall–Kier alpha value is -2.92. The lowest BCUT2D eigenvalue weighted by atomic mass is 10.1. The van der Waals surface area contributed by atoms with Crippen LogP contribution in [0.4, 0.5) is 24.5 Å². The number of hydrogen-bond acceptors (Lipinski definition) is 4. The molecule has 2 aromatic rings. The van der Waals surface area contributed by atoms with Gasteiger partial charge in [-0.1, -0.05) is 19.9 Å². The van der Waals surface area contributed by atoms with Crippen molar-refractivity contribution < 1.29 is 31.2 Å². The molecule has 3 N–H and O–H groups in total. The molecule has 0 spiro atoms. The van der Waals surface area contributed by atoms with E-state index in [4.69, 9.17) is 0 Å². The predicted octanol–water partition coefficient (Wildman–Crippen LogP) is 3.61. The zero-order valence-corrected chi connectivity index (χ0v) is 17.6. The number of benzene rings is 2. The maximum Gasteiger partial charge on any atom is 0.416 e. The average molecular weight is 457 g/mol. The van der Waals surface area contributed by atoms with Crippen LogP contribution in [0.25, 0.3) is 0 Å². The highest BCUT2D eigenvalue weighted by atomic mass is 32.2. The lowest BCUT2D eigenvalue weighted by molar-refractivity contribution is -0.137. The van der Waals surface area contributed by atoms with Gasteiger partial charge in [0.1, 0.15) is 0 Å². The number of sulfonamides is 1. The molecule has 0 atom stereocenters. The third-order valence-electron chi connectivity index (χ3n) is 3.94. The van der Waals surface area contributed by atoms with Gasteiger partial charge in [0.05, 0.1) is 17.0 Å². The fourth-order valence-corrected chi connectivity index (χ4v) is 3.54. The van der Waals surface area contributed by atoms with Crippen molar-refractivity contribution in [2.24, 2.45) is 5.92 Å². The maximum absolute atomic E-state index is 12.8. The van der Waals surface area contributed by atoms with Crippen LogP contribution in [-0.2, 0) is 25.8 Å². The molecule has 0 aliphatic heterocycles. The van der Waals surface area contributed by atoms with Gasteiger partial charge in [0.25, 0.3) is 0 Å². The monoisotopic (exact) mass is 457 g/mol. The van der Waals surface area contributed by atoms with E-state index in [9.17, 15) is 31.2 Å². The van der Waals surface area contributed by atoms with E-state index >= 15 is 0 Å². The van der Waals surface area contributed by atoms with E-state index in [0.717, 1.165) is 18.2 Å². The second-order valence-corrected chi connectivity index (χ2v) is 8.89. The van der Waals surface area contributed by atoms with E-state index in [2.05, 4.69) is 10.6 Å². The van der Waals surface area contributed by atoms with Crippen LogP contribution in [0.15, 0.2) is 53.4 Å². The first-order valence-electron chi connectivity index (χ1n) is 9.23. The van der Waals surface area contributed by atoms with Gasteiger partial charge in [-0.25, -0.2) is 13.1 Å². The summed E-state index contributed by atoms with van der Waals surface area (Å²) in [5.74, 6) is -0.652. The fraction of sp³-hybridized carbons (Fsp3) is 0.300. The molecule has 0 aliphatic rings. The number of carbonyl (C=O) groups is 2. The van der Waals surface area contributed by atoms with Crippen LogP contribution >= 0.6 is 0 Å². The van der Waals surface area contributed by atoms with Crippen LogP contribution in [0.2, 0.25) is 0 Å². The third kappa shape index (κ3) is 7.68. The van der Waals surface area contributed by atoms with Crippen molar-refractivity contribution in [3.8, 4) is 0 Å². The first-order valence-corrected chi connectivity index (χ1v) is 10.7. The van der Waals surface area contributed by atoms with E-state index < -0.39 is 39.1 Å².